The van der Waals surface area contributed by atoms with Crippen LogP contribution in [0.1, 0.15) is 51.1 Å². The minimum atomic E-state index is -0.203. The molecule has 0 bridgehead atoms. The highest BCUT2D eigenvalue weighted by atomic mass is 16.2. The minimum absolute atomic E-state index is 0.0857. The van der Waals surface area contributed by atoms with Crippen molar-refractivity contribution in [1.82, 2.24) is 15.2 Å². The smallest absolute Gasteiger partial charge is 0.225 e. The van der Waals surface area contributed by atoms with Crippen LogP contribution in [0.25, 0.3) is 0 Å². The highest BCUT2D eigenvalue weighted by Gasteiger charge is 2.41. The number of likely N-dealkylation sites (tertiary alicyclic amines) is 1. The summed E-state index contributed by atoms with van der Waals surface area (Å²) in [6.45, 7) is 4.87. The highest BCUT2D eigenvalue weighted by molar-refractivity contribution is 5.85. The summed E-state index contributed by atoms with van der Waals surface area (Å²) in [5, 5.41) is 3.11. The molecule has 2 aliphatic rings. The van der Waals surface area contributed by atoms with E-state index in [-0.39, 0.29) is 23.8 Å². The maximum Gasteiger partial charge on any atom is 0.225 e. The van der Waals surface area contributed by atoms with E-state index in [0.29, 0.717) is 31.3 Å². The van der Waals surface area contributed by atoms with Gasteiger partial charge in [-0.05, 0) is 36.8 Å². The first-order valence-electron chi connectivity index (χ1n) is 8.56. The quantitative estimate of drug-likeness (QED) is 0.907. The number of carbonyl (C=O) groups excluding carboxylic acids is 2. The van der Waals surface area contributed by atoms with Crippen molar-refractivity contribution in [3.63, 3.8) is 0 Å². The summed E-state index contributed by atoms with van der Waals surface area (Å²) in [6.07, 6.45) is 6.72. The molecule has 1 aliphatic carbocycles. The molecular weight excluding hydrogens is 290 g/mol. The number of rotatable bonds is 5. The van der Waals surface area contributed by atoms with Gasteiger partial charge in [-0.15, -0.1) is 0 Å². The van der Waals surface area contributed by atoms with Gasteiger partial charge < -0.3 is 10.2 Å². The molecule has 124 valence electrons. The van der Waals surface area contributed by atoms with Gasteiger partial charge in [-0.2, -0.15) is 0 Å². The highest BCUT2D eigenvalue weighted by Crippen LogP contribution is 2.37. The second-order valence-corrected chi connectivity index (χ2v) is 7.10. The standard InChI is InChI=1S/C18H25N3O2/c1-12(2)11-21-16(22)8-7-15(18(23)20-14-5-6-14)17(21)13-4-3-9-19-10-13/h3-4,9-10,12,14-15,17H,5-8,11H2,1-2H3,(H,20,23)/t15-,17+/m1/s1. The Morgan fingerprint density at radius 2 is 2.17 bits per heavy atom. The third-order valence-corrected chi connectivity index (χ3v) is 4.55. The Morgan fingerprint density at radius 1 is 1.39 bits per heavy atom. The summed E-state index contributed by atoms with van der Waals surface area (Å²) in [5.41, 5.74) is 0.956. The van der Waals surface area contributed by atoms with Crippen molar-refractivity contribution in [2.45, 2.75) is 51.6 Å². The van der Waals surface area contributed by atoms with E-state index in [2.05, 4.69) is 24.1 Å². The summed E-state index contributed by atoms with van der Waals surface area (Å²) < 4.78 is 0. The van der Waals surface area contributed by atoms with Crippen molar-refractivity contribution in [1.29, 1.82) is 0 Å². The van der Waals surface area contributed by atoms with E-state index in [0.717, 1.165) is 18.4 Å². The predicted octanol–water partition coefficient (Wildman–Crippen LogP) is 2.30. The van der Waals surface area contributed by atoms with Crippen LogP contribution in [-0.2, 0) is 9.59 Å². The Morgan fingerprint density at radius 3 is 2.78 bits per heavy atom. The van der Waals surface area contributed by atoms with E-state index in [1.807, 2.05) is 17.0 Å². The van der Waals surface area contributed by atoms with Gasteiger partial charge in [0.1, 0.15) is 0 Å². The lowest BCUT2D eigenvalue weighted by atomic mass is 9.83. The van der Waals surface area contributed by atoms with Crippen LogP contribution >= 0.6 is 0 Å². The fraction of sp³-hybridized carbons (Fsp3) is 0.611. The zero-order valence-corrected chi connectivity index (χ0v) is 13.9. The molecule has 1 saturated carbocycles. The normalized spacial score (nSPS) is 24.8. The molecule has 5 nitrogen and oxygen atoms in total. The van der Waals surface area contributed by atoms with E-state index in [1.54, 1.807) is 12.4 Å². The molecule has 1 aliphatic heterocycles. The molecule has 2 atom stereocenters. The fourth-order valence-electron chi connectivity index (χ4n) is 3.34. The van der Waals surface area contributed by atoms with Gasteiger partial charge >= 0.3 is 0 Å². The number of nitrogens with zero attached hydrogens (tertiary/aromatic N) is 2. The molecule has 1 aromatic heterocycles. The molecule has 23 heavy (non-hydrogen) atoms. The van der Waals surface area contributed by atoms with E-state index in [1.165, 1.54) is 0 Å². The number of aromatic nitrogens is 1. The minimum Gasteiger partial charge on any atom is -0.353 e. The van der Waals surface area contributed by atoms with Gasteiger partial charge in [-0.25, -0.2) is 0 Å². The van der Waals surface area contributed by atoms with Gasteiger partial charge in [0, 0.05) is 31.4 Å². The number of nitrogens with one attached hydrogen (secondary N) is 1. The van der Waals surface area contributed by atoms with Crippen LogP contribution < -0.4 is 5.32 Å². The van der Waals surface area contributed by atoms with Gasteiger partial charge in [0.25, 0.3) is 0 Å². The third kappa shape index (κ3) is 3.71. The molecular formula is C18H25N3O2. The Balaban J connectivity index is 1.89. The maximum atomic E-state index is 12.7. The zero-order chi connectivity index (χ0) is 16.4. The lowest BCUT2D eigenvalue weighted by Gasteiger charge is -2.41. The third-order valence-electron chi connectivity index (χ3n) is 4.55. The van der Waals surface area contributed by atoms with Crippen molar-refractivity contribution in [2.75, 3.05) is 6.54 Å². The number of piperidine rings is 1. The van der Waals surface area contributed by atoms with Crippen LogP contribution in [0.2, 0.25) is 0 Å². The summed E-state index contributed by atoms with van der Waals surface area (Å²) in [7, 11) is 0. The Hall–Kier alpha value is -1.91. The number of hydrogen-bond acceptors (Lipinski definition) is 3. The average molecular weight is 315 g/mol. The first-order valence-corrected chi connectivity index (χ1v) is 8.56. The molecule has 1 aromatic rings. The first kappa shape index (κ1) is 16.0. The predicted molar refractivity (Wildman–Crippen MR) is 87.4 cm³/mol. The van der Waals surface area contributed by atoms with E-state index in [4.69, 9.17) is 0 Å². The van der Waals surface area contributed by atoms with Crippen LogP contribution in [0, 0.1) is 11.8 Å². The van der Waals surface area contributed by atoms with Crippen LogP contribution in [0.3, 0.4) is 0 Å². The molecule has 3 rings (SSSR count). The molecule has 1 N–H and O–H groups in total. The topological polar surface area (TPSA) is 62.3 Å². The van der Waals surface area contributed by atoms with Crippen LogP contribution in [0.4, 0.5) is 0 Å². The average Bonchev–Trinajstić information content (AvgIpc) is 3.33. The van der Waals surface area contributed by atoms with Gasteiger partial charge in [-0.1, -0.05) is 19.9 Å². The monoisotopic (exact) mass is 315 g/mol. The van der Waals surface area contributed by atoms with Crippen LogP contribution in [0.5, 0.6) is 0 Å². The summed E-state index contributed by atoms with van der Waals surface area (Å²) in [5.74, 6) is 0.408. The number of amides is 2. The molecule has 2 fully saturated rings. The molecule has 5 heteroatoms. The second kappa shape index (κ2) is 6.69. The van der Waals surface area contributed by atoms with E-state index < -0.39 is 0 Å². The molecule has 0 spiro atoms. The van der Waals surface area contributed by atoms with Gasteiger partial charge in [0.05, 0.1) is 12.0 Å². The van der Waals surface area contributed by atoms with Crippen LogP contribution in [0.15, 0.2) is 24.5 Å². The van der Waals surface area contributed by atoms with Crippen molar-refractivity contribution in [3.8, 4) is 0 Å². The second-order valence-electron chi connectivity index (χ2n) is 7.10. The molecule has 0 unspecified atom stereocenters. The molecule has 2 heterocycles. The molecule has 0 aromatic carbocycles. The van der Waals surface area contributed by atoms with Gasteiger partial charge in [0.2, 0.25) is 11.8 Å². The fourth-order valence-corrected chi connectivity index (χ4v) is 3.34. The van der Waals surface area contributed by atoms with Gasteiger partial charge in [-0.3, -0.25) is 14.6 Å². The zero-order valence-electron chi connectivity index (χ0n) is 13.9. The van der Waals surface area contributed by atoms with Crippen molar-refractivity contribution < 1.29 is 9.59 Å². The van der Waals surface area contributed by atoms with Crippen molar-refractivity contribution in [3.05, 3.63) is 30.1 Å². The number of hydrogen-bond donors (Lipinski definition) is 1. The summed E-state index contributed by atoms with van der Waals surface area (Å²) >= 11 is 0. The van der Waals surface area contributed by atoms with Crippen LogP contribution in [-0.4, -0.2) is 34.3 Å². The van der Waals surface area contributed by atoms with E-state index >= 15 is 0 Å². The first-order chi connectivity index (χ1) is 11.1. The maximum absolute atomic E-state index is 12.7. The Labute approximate surface area is 137 Å². The summed E-state index contributed by atoms with van der Waals surface area (Å²) in [4.78, 5) is 31.3. The lowest BCUT2D eigenvalue weighted by molar-refractivity contribution is -0.144. The van der Waals surface area contributed by atoms with Gasteiger partial charge in [0.15, 0.2) is 0 Å². The summed E-state index contributed by atoms with van der Waals surface area (Å²) in [6, 6.07) is 3.98. The molecule has 1 saturated heterocycles. The van der Waals surface area contributed by atoms with Crippen molar-refractivity contribution in [2.24, 2.45) is 11.8 Å². The SMILES string of the molecule is CC(C)CN1C(=O)CC[C@@H](C(=O)NC2CC2)[C@@H]1c1cccnc1. The number of carbonyl (C=O) groups is 2. The number of pyridine rings is 1. The molecule has 2 amide bonds. The largest absolute Gasteiger partial charge is 0.353 e. The lowest BCUT2D eigenvalue weighted by Crippen LogP contribution is -2.49. The Bertz CT molecular complexity index is 569. The Kier molecular flexibility index (Phi) is 4.64. The van der Waals surface area contributed by atoms with Crippen molar-refractivity contribution >= 4 is 11.8 Å². The van der Waals surface area contributed by atoms with E-state index in [9.17, 15) is 9.59 Å². The molecule has 0 radical (unpaired) electrons.